The minimum absolute atomic E-state index is 0.102. The molecular weight excluding hydrogens is 329 g/mol. The highest BCUT2D eigenvalue weighted by Crippen LogP contribution is 2.28. The Morgan fingerprint density at radius 1 is 1.33 bits per heavy atom. The first-order valence-corrected chi connectivity index (χ1v) is 8.77. The van der Waals surface area contributed by atoms with Crippen molar-refractivity contribution >= 4 is 28.8 Å². The summed E-state index contributed by atoms with van der Waals surface area (Å²) in [5, 5.41) is 9.11. The van der Waals surface area contributed by atoms with E-state index in [4.69, 9.17) is 0 Å². The van der Waals surface area contributed by atoms with Gasteiger partial charge in [-0.3, -0.25) is 4.79 Å². The average molecular weight is 349 g/mol. The Labute approximate surface area is 144 Å². The third-order valence-corrected chi connectivity index (χ3v) is 4.66. The molecular formula is C16H20FN5OS. The maximum absolute atomic E-state index is 13.7. The van der Waals surface area contributed by atoms with Gasteiger partial charge in [-0.1, -0.05) is 4.49 Å². The van der Waals surface area contributed by atoms with Gasteiger partial charge in [-0.15, -0.1) is 5.10 Å². The minimum Gasteiger partial charge on any atom is -0.378 e. The summed E-state index contributed by atoms with van der Waals surface area (Å²) in [6.07, 6.45) is 0.895. The second kappa shape index (κ2) is 7.57. The monoisotopic (exact) mass is 349 g/mol. The van der Waals surface area contributed by atoms with Crippen LogP contribution in [0.25, 0.3) is 0 Å². The minimum atomic E-state index is -0.280. The molecule has 0 spiro atoms. The van der Waals surface area contributed by atoms with Crippen molar-refractivity contribution in [3.05, 3.63) is 35.1 Å². The maximum atomic E-state index is 13.7. The van der Waals surface area contributed by atoms with E-state index >= 15 is 0 Å². The lowest BCUT2D eigenvalue weighted by molar-refractivity contribution is -0.128. The number of rotatable bonds is 4. The van der Waals surface area contributed by atoms with E-state index in [0.29, 0.717) is 13.1 Å². The number of halogens is 1. The molecule has 3 rings (SSSR count). The third kappa shape index (κ3) is 4.00. The normalized spacial score (nSPS) is 15.2. The summed E-state index contributed by atoms with van der Waals surface area (Å²) >= 11 is 1.29. The lowest BCUT2D eigenvalue weighted by Crippen LogP contribution is -2.33. The van der Waals surface area contributed by atoms with E-state index in [2.05, 4.69) is 19.8 Å². The van der Waals surface area contributed by atoms with Gasteiger partial charge in [0, 0.05) is 38.5 Å². The Hall–Kier alpha value is -2.22. The van der Waals surface area contributed by atoms with E-state index in [0.717, 1.165) is 43.1 Å². The number of amides is 1. The molecule has 24 heavy (non-hydrogen) atoms. The largest absolute Gasteiger partial charge is 0.378 e. The van der Waals surface area contributed by atoms with Crippen LogP contribution in [0.1, 0.15) is 19.0 Å². The van der Waals surface area contributed by atoms with Crippen molar-refractivity contribution in [2.45, 2.75) is 19.9 Å². The molecule has 1 saturated heterocycles. The SMILES string of the molecule is CC(=O)N1CCCN(c2ccc(F)cc2NCc2csnn2)CC1. The second-order valence-electron chi connectivity index (χ2n) is 5.76. The number of hydrogen-bond acceptors (Lipinski definition) is 6. The van der Waals surface area contributed by atoms with Gasteiger partial charge in [0.05, 0.1) is 23.6 Å². The zero-order valence-corrected chi connectivity index (χ0v) is 14.4. The van der Waals surface area contributed by atoms with Crippen LogP contribution in [0.15, 0.2) is 23.6 Å². The van der Waals surface area contributed by atoms with Crippen LogP contribution < -0.4 is 10.2 Å². The highest BCUT2D eigenvalue weighted by Gasteiger charge is 2.19. The first-order chi connectivity index (χ1) is 11.6. The molecule has 2 aromatic rings. The summed E-state index contributed by atoms with van der Waals surface area (Å²) in [7, 11) is 0. The van der Waals surface area contributed by atoms with E-state index in [1.54, 1.807) is 13.0 Å². The fourth-order valence-electron chi connectivity index (χ4n) is 2.85. The first kappa shape index (κ1) is 16.6. The van der Waals surface area contributed by atoms with Crippen LogP contribution in [0.2, 0.25) is 0 Å². The third-order valence-electron chi connectivity index (χ3n) is 4.11. The van der Waals surface area contributed by atoms with Crippen molar-refractivity contribution in [2.75, 3.05) is 36.4 Å². The maximum Gasteiger partial charge on any atom is 0.219 e. The molecule has 6 nitrogen and oxygen atoms in total. The number of anilines is 2. The predicted molar refractivity (Wildman–Crippen MR) is 92.7 cm³/mol. The molecule has 8 heteroatoms. The van der Waals surface area contributed by atoms with Gasteiger partial charge in [0.25, 0.3) is 0 Å². The van der Waals surface area contributed by atoms with Gasteiger partial charge >= 0.3 is 0 Å². The van der Waals surface area contributed by atoms with Crippen molar-refractivity contribution < 1.29 is 9.18 Å². The fourth-order valence-corrected chi connectivity index (χ4v) is 3.30. The van der Waals surface area contributed by atoms with E-state index in [1.807, 2.05) is 10.3 Å². The number of carbonyl (C=O) groups excluding carboxylic acids is 1. The molecule has 1 aromatic heterocycles. The fraction of sp³-hybridized carbons (Fsp3) is 0.438. The Bertz CT molecular complexity index is 694. The van der Waals surface area contributed by atoms with Gasteiger partial charge in [0.2, 0.25) is 5.91 Å². The molecule has 1 N–H and O–H groups in total. The lowest BCUT2D eigenvalue weighted by Gasteiger charge is -2.26. The number of aromatic nitrogens is 2. The molecule has 1 amide bonds. The van der Waals surface area contributed by atoms with Gasteiger partial charge < -0.3 is 15.1 Å². The smallest absolute Gasteiger partial charge is 0.219 e. The topological polar surface area (TPSA) is 61.4 Å². The summed E-state index contributed by atoms with van der Waals surface area (Å²) in [5.41, 5.74) is 2.51. The van der Waals surface area contributed by atoms with Crippen molar-refractivity contribution in [2.24, 2.45) is 0 Å². The Balaban J connectivity index is 1.75. The summed E-state index contributed by atoms with van der Waals surface area (Å²) in [6.45, 7) is 5.12. The molecule has 0 aliphatic carbocycles. The highest BCUT2D eigenvalue weighted by atomic mass is 32.1. The predicted octanol–water partition coefficient (Wildman–Crippen LogP) is 2.35. The van der Waals surface area contributed by atoms with Crippen LogP contribution in [0, 0.1) is 5.82 Å². The van der Waals surface area contributed by atoms with E-state index in [9.17, 15) is 9.18 Å². The number of hydrogen-bond donors (Lipinski definition) is 1. The summed E-state index contributed by atoms with van der Waals surface area (Å²) in [6, 6.07) is 4.77. The molecule has 1 fully saturated rings. The van der Waals surface area contributed by atoms with Crippen molar-refractivity contribution in [3.63, 3.8) is 0 Å². The molecule has 0 saturated carbocycles. The summed E-state index contributed by atoms with van der Waals surface area (Å²) in [4.78, 5) is 15.6. The van der Waals surface area contributed by atoms with Crippen LogP contribution in [0.3, 0.4) is 0 Å². The summed E-state index contributed by atoms with van der Waals surface area (Å²) in [5.74, 6) is -0.178. The molecule has 0 radical (unpaired) electrons. The first-order valence-electron chi connectivity index (χ1n) is 7.93. The Morgan fingerprint density at radius 3 is 2.96 bits per heavy atom. The summed E-state index contributed by atoms with van der Waals surface area (Å²) < 4.78 is 17.5. The molecule has 0 bridgehead atoms. The molecule has 1 aliphatic heterocycles. The molecule has 1 aromatic carbocycles. The van der Waals surface area contributed by atoms with Crippen molar-refractivity contribution in [3.8, 4) is 0 Å². The van der Waals surface area contributed by atoms with Gasteiger partial charge in [0.15, 0.2) is 0 Å². The average Bonchev–Trinajstić information content (AvgIpc) is 2.96. The molecule has 0 unspecified atom stereocenters. The van der Waals surface area contributed by atoms with Crippen LogP contribution in [-0.2, 0) is 11.3 Å². The molecule has 0 atom stereocenters. The van der Waals surface area contributed by atoms with Crippen LogP contribution in [0.5, 0.6) is 0 Å². The van der Waals surface area contributed by atoms with Gasteiger partial charge in [0.1, 0.15) is 5.82 Å². The second-order valence-corrected chi connectivity index (χ2v) is 6.37. The quantitative estimate of drug-likeness (QED) is 0.918. The van der Waals surface area contributed by atoms with Crippen LogP contribution >= 0.6 is 11.5 Å². The highest BCUT2D eigenvalue weighted by molar-refractivity contribution is 7.03. The number of nitrogens with zero attached hydrogens (tertiary/aromatic N) is 4. The van der Waals surface area contributed by atoms with E-state index in [1.165, 1.54) is 23.7 Å². The van der Waals surface area contributed by atoms with Crippen molar-refractivity contribution in [1.82, 2.24) is 14.5 Å². The van der Waals surface area contributed by atoms with Gasteiger partial charge in [-0.2, -0.15) is 0 Å². The number of benzene rings is 1. The van der Waals surface area contributed by atoms with Crippen LogP contribution in [0.4, 0.5) is 15.8 Å². The lowest BCUT2D eigenvalue weighted by atomic mass is 10.2. The van der Waals surface area contributed by atoms with E-state index in [-0.39, 0.29) is 11.7 Å². The Morgan fingerprint density at radius 2 is 2.21 bits per heavy atom. The molecule has 128 valence electrons. The van der Waals surface area contributed by atoms with Crippen LogP contribution in [-0.4, -0.2) is 46.6 Å². The van der Waals surface area contributed by atoms with E-state index < -0.39 is 0 Å². The number of nitrogens with one attached hydrogen (secondary N) is 1. The molecule has 1 aliphatic rings. The number of carbonyl (C=O) groups is 1. The van der Waals surface area contributed by atoms with Gasteiger partial charge in [-0.05, 0) is 36.2 Å². The van der Waals surface area contributed by atoms with Gasteiger partial charge in [-0.25, -0.2) is 4.39 Å². The Kier molecular flexibility index (Phi) is 5.24. The zero-order valence-electron chi connectivity index (χ0n) is 13.5. The zero-order chi connectivity index (χ0) is 16.9. The van der Waals surface area contributed by atoms with Crippen molar-refractivity contribution in [1.29, 1.82) is 0 Å². The standard InChI is InChI=1S/C16H20FN5OS/c1-12(23)21-5-2-6-22(8-7-21)16-4-3-13(17)9-15(16)18-10-14-11-24-20-19-14/h3-4,9,11,18H,2,5-8,10H2,1H3. The molecule has 2 heterocycles.